The van der Waals surface area contributed by atoms with Crippen LogP contribution in [0.3, 0.4) is 0 Å². The van der Waals surface area contributed by atoms with Gasteiger partial charge in [-0.3, -0.25) is 14.9 Å². The highest BCUT2D eigenvalue weighted by Gasteiger charge is 2.18. The summed E-state index contributed by atoms with van der Waals surface area (Å²) in [6.45, 7) is -0.445. The molecule has 0 aromatic heterocycles. The number of ketones is 1. The van der Waals surface area contributed by atoms with Crippen molar-refractivity contribution in [1.29, 1.82) is 0 Å². The summed E-state index contributed by atoms with van der Waals surface area (Å²) in [6, 6.07) is 11.9. The fourth-order valence-corrected chi connectivity index (χ4v) is 1.89. The number of halogens is 1. The molecule has 22 heavy (non-hydrogen) atoms. The van der Waals surface area contributed by atoms with Crippen LogP contribution in [0.2, 0.25) is 5.02 Å². The van der Waals surface area contributed by atoms with Crippen LogP contribution >= 0.6 is 11.6 Å². The summed E-state index contributed by atoms with van der Waals surface area (Å²) in [5.41, 5.74) is -0.0279. The number of Topliss-reactive ketones (excluding diaryl/α,β-unsaturated/α-hetero) is 1. The van der Waals surface area contributed by atoms with E-state index in [4.69, 9.17) is 16.3 Å². The number of rotatable bonds is 5. The topological polar surface area (TPSA) is 86.5 Å². The van der Waals surface area contributed by atoms with Crippen LogP contribution in [0.15, 0.2) is 48.5 Å². The van der Waals surface area contributed by atoms with Crippen LogP contribution in [0.4, 0.5) is 5.69 Å². The smallest absolute Gasteiger partial charge is 0.338 e. The molecule has 112 valence electrons. The van der Waals surface area contributed by atoms with Crippen molar-refractivity contribution in [3.63, 3.8) is 0 Å². The minimum absolute atomic E-state index is 0.0445. The van der Waals surface area contributed by atoms with Crippen LogP contribution in [0.5, 0.6) is 0 Å². The zero-order chi connectivity index (χ0) is 16.1. The van der Waals surface area contributed by atoms with E-state index in [1.54, 1.807) is 30.3 Å². The van der Waals surface area contributed by atoms with Crippen molar-refractivity contribution < 1.29 is 19.2 Å². The number of nitro groups is 1. The second-order valence-electron chi connectivity index (χ2n) is 4.29. The molecule has 6 nitrogen and oxygen atoms in total. The molecule has 0 aliphatic rings. The molecule has 0 aliphatic carbocycles. The lowest BCUT2D eigenvalue weighted by Gasteiger charge is -2.05. The number of hydrogen-bond donors (Lipinski definition) is 0. The Morgan fingerprint density at radius 1 is 1.09 bits per heavy atom. The fraction of sp³-hybridized carbons (Fsp3) is 0.0667. The van der Waals surface area contributed by atoms with E-state index in [2.05, 4.69) is 0 Å². The normalized spacial score (nSPS) is 10.0. The molecule has 0 amide bonds. The number of nitrogens with zero attached hydrogens (tertiary/aromatic N) is 1. The quantitative estimate of drug-likeness (QED) is 0.365. The molecule has 2 aromatic rings. The molecule has 0 atom stereocenters. The third-order valence-corrected chi connectivity index (χ3v) is 3.13. The Bertz CT molecular complexity index is 730. The van der Waals surface area contributed by atoms with E-state index in [-0.39, 0.29) is 16.4 Å². The van der Waals surface area contributed by atoms with Gasteiger partial charge in [0.25, 0.3) is 5.69 Å². The third kappa shape index (κ3) is 3.67. The highest BCUT2D eigenvalue weighted by Crippen LogP contribution is 2.25. The predicted octanol–water partition coefficient (Wildman–Crippen LogP) is 3.29. The van der Waals surface area contributed by atoms with E-state index >= 15 is 0 Å². The SMILES string of the molecule is O=C(COC(=O)c1ccc(Cl)c([N+](=O)[O-])c1)c1ccccc1. The largest absolute Gasteiger partial charge is 0.454 e. The molecular weight excluding hydrogens is 310 g/mol. The summed E-state index contributed by atoms with van der Waals surface area (Å²) in [4.78, 5) is 33.7. The maximum Gasteiger partial charge on any atom is 0.338 e. The first-order valence-electron chi connectivity index (χ1n) is 6.18. The van der Waals surface area contributed by atoms with Crippen LogP contribution in [0.25, 0.3) is 0 Å². The Balaban J connectivity index is 2.05. The summed E-state index contributed by atoms with van der Waals surface area (Å²) in [7, 11) is 0. The minimum atomic E-state index is -0.830. The standard InChI is InChI=1S/C15H10ClNO5/c16-12-7-6-11(8-13(12)17(20)21)15(19)22-9-14(18)10-4-2-1-3-5-10/h1-8H,9H2. The van der Waals surface area contributed by atoms with Gasteiger partial charge in [0, 0.05) is 11.6 Å². The minimum Gasteiger partial charge on any atom is -0.454 e. The number of ether oxygens (including phenoxy) is 1. The van der Waals surface area contributed by atoms with Crippen molar-refractivity contribution in [2.24, 2.45) is 0 Å². The van der Waals surface area contributed by atoms with Gasteiger partial charge in [-0.25, -0.2) is 4.79 Å². The zero-order valence-electron chi connectivity index (χ0n) is 11.2. The number of hydrogen-bond acceptors (Lipinski definition) is 5. The maximum absolute atomic E-state index is 11.8. The Labute approximate surface area is 130 Å². The van der Waals surface area contributed by atoms with Gasteiger partial charge in [0.05, 0.1) is 10.5 Å². The van der Waals surface area contributed by atoms with Crippen molar-refractivity contribution in [2.45, 2.75) is 0 Å². The second-order valence-corrected chi connectivity index (χ2v) is 4.70. The molecule has 0 unspecified atom stereocenters. The fourth-order valence-electron chi connectivity index (χ4n) is 1.70. The van der Waals surface area contributed by atoms with Crippen molar-refractivity contribution in [3.05, 3.63) is 74.8 Å². The lowest BCUT2D eigenvalue weighted by Crippen LogP contribution is -2.14. The molecule has 2 aromatic carbocycles. The van der Waals surface area contributed by atoms with E-state index in [1.807, 2.05) is 0 Å². The van der Waals surface area contributed by atoms with Gasteiger partial charge in [0.15, 0.2) is 12.4 Å². The predicted molar refractivity (Wildman–Crippen MR) is 79.2 cm³/mol. The van der Waals surface area contributed by atoms with Crippen molar-refractivity contribution in [2.75, 3.05) is 6.61 Å². The van der Waals surface area contributed by atoms with E-state index in [0.717, 1.165) is 6.07 Å². The summed E-state index contributed by atoms with van der Waals surface area (Å²) < 4.78 is 4.86. The average Bonchev–Trinajstić information content (AvgIpc) is 2.53. The Morgan fingerprint density at radius 3 is 2.41 bits per heavy atom. The summed E-state index contributed by atoms with van der Waals surface area (Å²) in [5, 5.41) is 10.7. The number of esters is 1. The molecular formula is C15H10ClNO5. The van der Waals surface area contributed by atoms with E-state index in [0.29, 0.717) is 5.56 Å². The van der Waals surface area contributed by atoms with Gasteiger partial charge in [0.2, 0.25) is 0 Å². The molecule has 0 radical (unpaired) electrons. The zero-order valence-corrected chi connectivity index (χ0v) is 11.9. The monoisotopic (exact) mass is 319 g/mol. The molecule has 0 saturated carbocycles. The van der Waals surface area contributed by atoms with E-state index < -0.39 is 23.2 Å². The van der Waals surface area contributed by atoms with Gasteiger partial charge >= 0.3 is 5.97 Å². The number of benzene rings is 2. The lowest BCUT2D eigenvalue weighted by molar-refractivity contribution is -0.384. The first-order valence-corrected chi connectivity index (χ1v) is 6.56. The van der Waals surface area contributed by atoms with E-state index in [1.165, 1.54) is 12.1 Å². The van der Waals surface area contributed by atoms with Gasteiger partial charge < -0.3 is 4.74 Å². The molecule has 0 aliphatic heterocycles. The van der Waals surface area contributed by atoms with Gasteiger partial charge in [-0.05, 0) is 12.1 Å². The van der Waals surface area contributed by atoms with Crippen LogP contribution in [-0.2, 0) is 4.74 Å². The van der Waals surface area contributed by atoms with Crippen molar-refractivity contribution in [3.8, 4) is 0 Å². The molecule has 0 N–H and O–H groups in total. The van der Waals surface area contributed by atoms with E-state index in [9.17, 15) is 19.7 Å². The maximum atomic E-state index is 11.8. The van der Waals surface area contributed by atoms with Crippen LogP contribution in [-0.4, -0.2) is 23.3 Å². The van der Waals surface area contributed by atoms with Crippen LogP contribution < -0.4 is 0 Å². The Kier molecular flexibility index (Phi) is 4.85. The molecule has 0 heterocycles. The van der Waals surface area contributed by atoms with Gasteiger partial charge in [0.1, 0.15) is 5.02 Å². The van der Waals surface area contributed by atoms with Gasteiger partial charge in [-0.2, -0.15) is 0 Å². The van der Waals surface area contributed by atoms with Crippen molar-refractivity contribution in [1.82, 2.24) is 0 Å². The molecule has 2 rings (SSSR count). The Morgan fingerprint density at radius 2 is 1.77 bits per heavy atom. The average molecular weight is 320 g/mol. The number of carbonyl (C=O) groups is 2. The molecule has 7 heteroatoms. The van der Waals surface area contributed by atoms with Gasteiger partial charge in [-0.15, -0.1) is 0 Å². The van der Waals surface area contributed by atoms with Crippen molar-refractivity contribution >= 4 is 29.0 Å². The first kappa shape index (κ1) is 15.7. The molecule has 0 fully saturated rings. The highest BCUT2D eigenvalue weighted by atomic mass is 35.5. The summed E-state index contributed by atoms with van der Waals surface area (Å²) in [6.07, 6.45) is 0. The second kappa shape index (κ2) is 6.82. The summed E-state index contributed by atoms with van der Waals surface area (Å²) in [5.74, 6) is -1.19. The molecule has 0 saturated heterocycles. The highest BCUT2D eigenvalue weighted by molar-refractivity contribution is 6.32. The van der Waals surface area contributed by atoms with Gasteiger partial charge in [-0.1, -0.05) is 41.9 Å². The number of nitro benzene ring substituents is 1. The molecule has 0 spiro atoms. The third-order valence-electron chi connectivity index (χ3n) is 2.81. The summed E-state index contributed by atoms with van der Waals surface area (Å²) >= 11 is 5.66. The molecule has 0 bridgehead atoms. The first-order chi connectivity index (χ1) is 10.5. The van der Waals surface area contributed by atoms with Crippen LogP contribution in [0.1, 0.15) is 20.7 Å². The number of carbonyl (C=O) groups excluding carboxylic acids is 2. The Hall–Kier alpha value is -2.73. The lowest BCUT2D eigenvalue weighted by atomic mass is 10.1. The van der Waals surface area contributed by atoms with Crippen LogP contribution in [0, 0.1) is 10.1 Å².